The quantitative estimate of drug-likeness (QED) is 0.469. The number of benzene rings is 1. The highest BCUT2D eigenvalue weighted by Crippen LogP contribution is 2.32. The average molecular weight is 344 g/mol. The molecule has 0 atom stereocenters. The fourth-order valence-electron chi connectivity index (χ4n) is 1.43. The zero-order valence-electron chi connectivity index (χ0n) is 10.4. The molecule has 0 spiro atoms. The maximum atomic E-state index is 11.1. The van der Waals surface area contributed by atoms with Gasteiger partial charge in [0.05, 0.1) is 9.13 Å². The van der Waals surface area contributed by atoms with Crippen molar-refractivity contribution >= 4 is 28.9 Å². The van der Waals surface area contributed by atoms with Crippen LogP contribution in [0, 0.1) is 3.57 Å². The van der Waals surface area contributed by atoms with Gasteiger partial charge in [0.15, 0.2) is 6.29 Å². The van der Waals surface area contributed by atoms with Crippen molar-refractivity contribution in [3.05, 3.63) is 39.5 Å². The maximum absolute atomic E-state index is 11.1. The molecule has 1 rings (SSSR count). The Balaban J connectivity index is 3.25. The van der Waals surface area contributed by atoms with E-state index in [9.17, 15) is 4.79 Å². The van der Waals surface area contributed by atoms with Gasteiger partial charge in [-0.2, -0.15) is 0 Å². The Kier molecular flexibility index (Phi) is 4.74. The SMILES string of the molecule is C=CCOc1c(I)cc(C(C)(C)C)cc1C=O. The molecule has 0 aliphatic heterocycles. The van der Waals surface area contributed by atoms with Crippen molar-refractivity contribution < 1.29 is 9.53 Å². The Hall–Kier alpha value is -0.840. The van der Waals surface area contributed by atoms with Crippen molar-refractivity contribution in [3.8, 4) is 5.75 Å². The topological polar surface area (TPSA) is 26.3 Å². The molecule has 0 saturated heterocycles. The summed E-state index contributed by atoms with van der Waals surface area (Å²) in [6, 6.07) is 3.96. The summed E-state index contributed by atoms with van der Waals surface area (Å²) in [5, 5.41) is 0. The summed E-state index contributed by atoms with van der Waals surface area (Å²) in [4.78, 5) is 11.1. The van der Waals surface area contributed by atoms with Crippen molar-refractivity contribution in [2.75, 3.05) is 6.61 Å². The molecule has 0 amide bonds. The van der Waals surface area contributed by atoms with E-state index in [1.165, 1.54) is 0 Å². The van der Waals surface area contributed by atoms with Crippen molar-refractivity contribution in [1.82, 2.24) is 0 Å². The van der Waals surface area contributed by atoms with Gasteiger partial charge in [-0.25, -0.2) is 0 Å². The Morgan fingerprint density at radius 3 is 2.53 bits per heavy atom. The molecule has 0 unspecified atom stereocenters. The molecule has 0 fully saturated rings. The van der Waals surface area contributed by atoms with E-state index >= 15 is 0 Å². The van der Waals surface area contributed by atoms with E-state index in [4.69, 9.17) is 4.74 Å². The number of carbonyl (C=O) groups excluding carboxylic acids is 1. The molecule has 17 heavy (non-hydrogen) atoms. The Bertz CT molecular complexity index is 431. The van der Waals surface area contributed by atoms with Crippen LogP contribution in [0.5, 0.6) is 5.75 Å². The lowest BCUT2D eigenvalue weighted by atomic mass is 9.86. The van der Waals surface area contributed by atoms with Gasteiger partial charge in [-0.1, -0.05) is 33.4 Å². The second-order valence-corrected chi connectivity index (χ2v) is 6.01. The first-order chi connectivity index (χ1) is 7.90. The number of halogens is 1. The Labute approximate surface area is 116 Å². The van der Waals surface area contributed by atoms with E-state index < -0.39 is 0 Å². The minimum atomic E-state index is 0.0225. The van der Waals surface area contributed by atoms with Crippen LogP contribution in [0.2, 0.25) is 0 Å². The molecule has 0 bridgehead atoms. The van der Waals surface area contributed by atoms with Crippen LogP contribution in [0.3, 0.4) is 0 Å². The summed E-state index contributed by atoms with van der Waals surface area (Å²) in [5.41, 5.74) is 1.76. The fraction of sp³-hybridized carbons (Fsp3) is 0.357. The van der Waals surface area contributed by atoms with Crippen LogP contribution in [0.15, 0.2) is 24.8 Å². The first-order valence-electron chi connectivity index (χ1n) is 5.43. The zero-order chi connectivity index (χ0) is 13.1. The summed E-state index contributed by atoms with van der Waals surface area (Å²) in [6.07, 6.45) is 2.51. The molecule has 0 saturated carbocycles. The number of hydrogen-bond donors (Lipinski definition) is 0. The fourth-order valence-corrected chi connectivity index (χ4v) is 2.23. The van der Waals surface area contributed by atoms with Crippen LogP contribution in [-0.2, 0) is 5.41 Å². The van der Waals surface area contributed by atoms with Crippen LogP contribution < -0.4 is 4.74 Å². The molecular formula is C14H17IO2. The van der Waals surface area contributed by atoms with Crippen LogP contribution in [0.1, 0.15) is 36.7 Å². The molecule has 1 aromatic rings. The Morgan fingerprint density at radius 1 is 1.41 bits per heavy atom. The lowest BCUT2D eigenvalue weighted by Crippen LogP contribution is -2.13. The second kappa shape index (κ2) is 5.67. The highest BCUT2D eigenvalue weighted by atomic mass is 127. The molecule has 3 heteroatoms. The predicted molar refractivity (Wildman–Crippen MR) is 78.9 cm³/mol. The van der Waals surface area contributed by atoms with Gasteiger partial charge in [-0.15, -0.1) is 0 Å². The van der Waals surface area contributed by atoms with E-state index in [1.807, 2.05) is 6.07 Å². The number of rotatable bonds is 4. The third-order valence-corrected chi connectivity index (χ3v) is 3.21. The van der Waals surface area contributed by atoms with Crippen LogP contribution in [0.25, 0.3) is 0 Å². The highest BCUT2D eigenvalue weighted by Gasteiger charge is 2.18. The third-order valence-electron chi connectivity index (χ3n) is 2.41. The minimum Gasteiger partial charge on any atom is -0.488 e. The molecule has 0 aromatic heterocycles. The van der Waals surface area contributed by atoms with Crippen LogP contribution in [-0.4, -0.2) is 12.9 Å². The van der Waals surface area contributed by atoms with E-state index in [0.29, 0.717) is 17.9 Å². The summed E-state index contributed by atoms with van der Waals surface area (Å²) < 4.78 is 6.48. The van der Waals surface area contributed by atoms with Crippen LogP contribution >= 0.6 is 22.6 Å². The van der Waals surface area contributed by atoms with Crippen molar-refractivity contribution in [2.24, 2.45) is 0 Å². The van der Waals surface area contributed by atoms with Gasteiger partial charge in [0.2, 0.25) is 0 Å². The normalized spacial score (nSPS) is 11.1. The molecule has 0 aliphatic rings. The van der Waals surface area contributed by atoms with E-state index in [1.54, 1.807) is 6.08 Å². The monoisotopic (exact) mass is 344 g/mol. The summed E-state index contributed by atoms with van der Waals surface area (Å²) >= 11 is 2.20. The number of ether oxygens (including phenoxy) is 1. The molecule has 0 N–H and O–H groups in total. The van der Waals surface area contributed by atoms with Gasteiger partial charge in [0, 0.05) is 0 Å². The maximum Gasteiger partial charge on any atom is 0.153 e. The van der Waals surface area contributed by atoms with Crippen molar-refractivity contribution in [3.63, 3.8) is 0 Å². The minimum absolute atomic E-state index is 0.0225. The molecule has 92 valence electrons. The zero-order valence-corrected chi connectivity index (χ0v) is 12.6. The Morgan fingerprint density at radius 2 is 2.06 bits per heavy atom. The second-order valence-electron chi connectivity index (χ2n) is 4.84. The van der Waals surface area contributed by atoms with Gasteiger partial charge >= 0.3 is 0 Å². The highest BCUT2D eigenvalue weighted by molar-refractivity contribution is 14.1. The van der Waals surface area contributed by atoms with E-state index in [-0.39, 0.29) is 5.41 Å². The molecule has 2 nitrogen and oxygen atoms in total. The number of aldehydes is 1. The van der Waals surface area contributed by atoms with E-state index in [2.05, 4.69) is 56.0 Å². The lowest BCUT2D eigenvalue weighted by Gasteiger charge is -2.21. The van der Waals surface area contributed by atoms with Crippen molar-refractivity contribution in [2.45, 2.75) is 26.2 Å². The molecule has 0 heterocycles. The molecular weight excluding hydrogens is 327 g/mol. The van der Waals surface area contributed by atoms with Gasteiger partial charge in [0.25, 0.3) is 0 Å². The van der Waals surface area contributed by atoms with Crippen LogP contribution in [0.4, 0.5) is 0 Å². The third kappa shape index (κ3) is 3.56. The summed E-state index contributed by atoms with van der Waals surface area (Å²) in [7, 11) is 0. The number of hydrogen-bond acceptors (Lipinski definition) is 2. The largest absolute Gasteiger partial charge is 0.488 e. The smallest absolute Gasteiger partial charge is 0.153 e. The first kappa shape index (κ1) is 14.2. The van der Waals surface area contributed by atoms with Crippen molar-refractivity contribution in [1.29, 1.82) is 0 Å². The number of carbonyl (C=O) groups is 1. The molecule has 0 radical (unpaired) electrons. The summed E-state index contributed by atoms with van der Waals surface area (Å²) in [5.74, 6) is 0.647. The van der Waals surface area contributed by atoms with Gasteiger partial charge in [-0.05, 0) is 45.7 Å². The predicted octanol–water partition coefficient (Wildman–Crippen LogP) is 3.97. The van der Waals surface area contributed by atoms with Gasteiger partial charge in [-0.3, -0.25) is 4.79 Å². The van der Waals surface area contributed by atoms with Gasteiger partial charge in [0.1, 0.15) is 12.4 Å². The lowest BCUT2D eigenvalue weighted by molar-refractivity contribution is 0.112. The summed E-state index contributed by atoms with van der Waals surface area (Å²) in [6.45, 7) is 10.4. The molecule has 1 aromatic carbocycles. The first-order valence-corrected chi connectivity index (χ1v) is 6.51. The van der Waals surface area contributed by atoms with Gasteiger partial charge < -0.3 is 4.74 Å². The van der Waals surface area contributed by atoms with E-state index in [0.717, 1.165) is 15.4 Å². The molecule has 0 aliphatic carbocycles. The standard InChI is InChI=1S/C14H17IO2/c1-5-6-17-13-10(9-16)7-11(8-12(13)15)14(2,3)4/h5,7-9H,1,6H2,2-4H3. The average Bonchev–Trinajstić information content (AvgIpc) is 2.25.